The van der Waals surface area contributed by atoms with Crippen LogP contribution in [0, 0.1) is 13.8 Å². The number of nitrogens with zero attached hydrogens (tertiary/aromatic N) is 2. The first-order chi connectivity index (χ1) is 28.2. The van der Waals surface area contributed by atoms with Crippen molar-refractivity contribution < 1.29 is 0 Å². The van der Waals surface area contributed by atoms with Crippen molar-refractivity contribution in [3.63, 3.8) is 0 Å². The van der Waals surface area contributed by atoms with Crippen molar-refractivity contribution >= 4 is 33.0 Å². The van der Waals surface area contributed by atoms with Crippen LogP contribution in [-0.2, 0) is 13.1 Å². The lowest BCUT2D eigenvalue weighted by Crippen LogP contribution is -2.02. The second-order valence-corrected chi connectivity index (χ2v) is 18.3. The zero-order valence-electron chi connectivity index (χ0n) is 37.8. The van der Waals surface area contributed by atoms with Gasteiger partial charge in [0.25, 0.3) is 0 Å². The topological polar surface area (TPSA) is 9.86 Å². The van der Waals surface area contributed by atoms with E-state index in [0.29, 0.717) is 0 Å². The third-order valence-corrected chi connectivity index (χ3v) is 13.8. The van der Waals surface area contributed by atoms with E-state index in [-0.39, 0.29) is 0 Å². The Balaban J connectivity index is 1.14. The molecule has 316 valence electrons. The zero-order chi connectivity index (χ0) is 39.9. The number of unbranched alkanes of at least 4 members (excludes halogenated alkanes) is 26. The maximum Gasteiger partial charge on any atom is 0.0488 e. The first-order valence-corrected chi connectivity index (χ1v) is 25.1. The molecular formula is C55H86N2. The Morgan fingerprint density at radius 2 is 0.649 bits per heavy atom. The summed E-state index contributed by atoms with van der Waals surface area (Å²) in [5, 5.41) is 2.94. The molecule has 5 rings (SSSR count). The van der Waals surface area contributed by atoms with Crippen molar-refractivity contribution in [3.8, 4) is 0 Å². The van der Waals surface area contributed by atoms with E-state index in [1.165, 1.54) is 232 Å². The molecule has 2 aromatic heterocycles. The molecule has 0 bridgehead atoms. The van der Waals surface area contributed by atoms with Gasteiger partial charge in [-0.2, -0.15) is 0 Å². The summed E-state index contributed by atoms with van der Waals surface area (Å²) in [6.07, 6.45) is 43.2. The van der Waals surface area contributed by atoms with Crippen molar-refractivity contribution in [2.75, 3.05) is 0 Å². The Bertz CT molecular complexity index is 1600. The number of rotatable bonds is 32. The summed E-state index contributed by atoms with van der Waals surface area (Å²) in [4.78, 5) is 0. The van der Waals surface area contributed by atoms with Gasteiger partial charge in [-0.25, -0.2) is 0 Å². The third kappa shape index (κ3) is 13.6. The highest BCUT2D eigenvalue weighted by atomic mass is 15.0. The minimum absolute atomic E-state index is 1.14. The molecule has 2 nitrogen and oxygen atoms in total. The lowest BCUT2D eigenvalue weighted by Gasteiger charge is -2.13. The quantitative estimate of drug-likeness (QED) is 0.0437. The predicted molar refractivity (Wildman–Crippen MR) is 255 cm³/mol. The maximum absolute atomic E-state index is 2.68. The van der Waals surface area contributed by atoms with Crippen LogP contribution in [-0.4, -0.2) is 9.13 Å². The van der Waals surface area contributed by atoms with Crippen LogP contribution in [0.4, 0.5) is 0 Å². The number of para-hydroxylation sites is 2. The molecule has 1 aliphatic carbocycles. The van der Waals surface area contributed by atoms with Gasteiger partial charge in [0.1, 0.15) is 0 Å². The molecule has 0 radical (unpaired) electrons. The molecule has 1 aliphatic rings. The standard InChI is InChI=1S/C55H86N2/c1-5-7-9-11-13-15-17-19-21-23-25-27-29-35-44-56-46(3)54(50-38-31-33-42-52(50)56)48-40-37-41-49(48)55-47(4)57(53-43-34-32-39-51(53)55)45-36-30-28-26-24-22-20-18-16-14-12-10-8-6-2/h31-34,38-39,42-43H,5-30,35-37,40-41,44-45H2,1-4H3. The van der Waals surface area contributed by atoms with Crippen LogP contribution in [0.1, 0.15) is 235 Å². The van der Waals surface area contributed by atoms with Gasteiger partial charge in [-0.15, -0.1) is 0 Å². The SMILES string of the molecule is CCCCCCCCCCCCCCCCn1c(C)c(C2=C(c3c(C)n(CCCCCCCCCCCCCCCC)c4ccccc34)CCC2)c2ccccc21. The minimum Gasteiger partial charge on any atom is -0.344 e. The van der Waals surface area contributed by atoms with Gasteiger partial charge >= 0.3 is 0 Å². The Kier molecular flexibility index (Phi) is 21.0. The van der Waals surface area contributed by atoms with Gasteiger partial charge in [-0.3, -0.25) is 0 Å². The Morgan fingerprint density at radius 3 is 0.965 bits per heavy atom. The average Bonchev–Trinajstić information content (AvgIpc) is 3.89. The van der Waals surface area contributed by atoms with Crippen LogP contribution in [0.15, 0.2) is 48.5 Å². The van der Waals surface area contributed by atoms with E-state index in [1.807, 2.05) is 0 Å². The molecule has 0 spiro atoms. The number of aromatic nitrogens is 2. The highest BCUT2D eigenvalue weighted by Gasteiger charge is 2.27. The first kappa shape index (κ1) is 45.3. The smallest absolute Gasteiger partial charge is 0.0488 e. The molecule has 0 amide bonds. The highest BCUT2D eigenvalue weighted by molar-refractivity contribution is 6.08. The predicted octanol–water partition coefficient (Wildman–Crippen LogP) is 18.3. The molecule has 2 heteroatoms. The van der Waals surface area contributed by atoms with Gasteiger partial charge < -0.3 is 9.13 Å². The number of allylic oxidation sites excluding steroid dienone is 2. The third-order valence-electron chi connectivity index (χ3n) is 13.8. The molecule has 0 saturated carbocycles. The largest absolute Gasteiger partial charge is 0.344 e. The van der Waals surface area contributed by atoms with Crippen molar-refractivity contribution in [2.24, 2.45) is 0 Å². The summed E-state index contributed by atoms with van der Waals surface area (Å²) in [6.45, 7) is 11.8. The normalized spacial score (nSPS) is 13.3. The second-order valence-electron chi connectivity index (χ2n) is 18.3. The first-order valence-electron chi connectivity index (χ1n) is 25.1. The van der Waals surface area contributed by atoms with Gasteiger partial charge in [0.2, 0.25) is 0 Å². The number of hydrogen-bond acceptors (Lipinski definition) is 0. The molecule has 57 heavy (non-hydrogen) atoms. The van der Waals surface area contributed by atoms with Crippen LogP contribution in [0.25, 0.3) is 33.0 Å². The van der Waals surface area contributed by atoms with Crippen LogP contribution in [0.3, 0.4) is 0 Å². The summed E-state index contributed by atoms with van der Waals surface area (Å²) in [5.41, 5.74) is 12.2. The molecule has 0 saturated heterocycles. The van der Waals surface area contributed by atoms with Crippen molar-refractivity contribution in [1.82, 2.24) is 9.13 Å². The van der Waals surface area contributed by atoms with Gasteiger partial charge in [0, 0.05) is 57.4 Å². The van der Waals surface area contributed by atoms with E-state index in [9.17, 15) is 0 Å². The Labute approximate surface area is 351 Å². The number of benzene rings is 2. The lowest BCUT2D eigenvalue weighted by atomic mass is 9.93. The fraction of sp³-hybridized carbons (Fsp3) is 0.673. The highest BCUT2D eigenvalue weighted by Crippen LogP contribution is 2.47. The van der Waals surface area contributed by atoms with E-state index in [4.69, 9.17) is 0 Å². The van der Waals surface area contributed by atoms with Crippen molar-refractivity contribution in [3.05, 3.63) is 71.0 Å². The molecule has 4 aromatic rings. The van der Waals surface area contributed by atoms with E-state index < -0.39 is 0 Å². The number of aryl methyl sites for hydroxylation is 2. The summed E-state index contributed by atoms with van der Waals surface area (Å²) >= 11 is 0. The fourth-order valence-electron chi connectivity index (χ4n) is 10.4. The summed E-state index contributed by atoms with van der Waals surface area (Å²) < 4.78 is 5.36. The molecule has 0 fully saturated rings. The van der Waals surface area contributed by atoms with Crippen LogP contribution in [0.5, 0.6) is 0 Å². The van der Waals surface area contributed by atoms with Gasteiger partial charge in [0.05, 0.1) is 0 Å². The second kappa shape index (κ2) is 26.4. The van der Waals surface area contributed by atoms with Crippen LogP contribution < -0.4 is 0 Å². The fourth-order valence-corrected chi connectivity index (χ4v) is 10.4. The van der Waals surface area contributed by atoms with E-state index >= 15 is 0 Å². The number of hydrogen-bond donors (Lipinski definition) is 0. The van der Waals surface area contributed by atoms with E-state index in [0.717, 1.165) is 13.1 Å². The molecule has 0 atom stereocenters. The molecule has 2 heterocycles. The molecule has 0 unspecified atom stereocenters. The minimum atomic E-state index is 1.14. The number of fused-ring (bicyclic) bond motifs is 2. The zero-order valence-corrected chi connectivity index (χ0v) is 37.8. The van der Waals surface area contributed by atoms with Crippen molar-refractivity contribution in [1.29, 1.82) is 0 Å². The van der Waals surface area contributed by atoms with Gasteiger partial charge in [-0.05, 0) is 69.2 Å². The summed E-state index contributed by atoms with van der Waals surface area (Å²) in [7, 11) is 0. The van der Waals surface area contributed by atoms with Crippen LogP contribution in [0.2, 0.25) is 0 Å². The lowest BCUT2D eigenvalue weighted by molar-refractivity contribution is 0.525. The summed E-state index contributed by atoms with van der Waals surface area (Å²) in [6, 6.07) is 18.6. The molecule has 0 N–H and O–H groups in total. The average molecular weight is 775 g/mol. The molecule has 0 aliphatic heterocycles. The van der Waals surface area contributed by atoms with E-state index in [2.05, 4.69) is 85.4 Å². The summed E-state index contributed by atoms with van der Waals surface area (Å²) in [5.74, 6) is 0. The Morgan fingerprint density at radius 1 is 0.368 bits per heavy atom. The van der Waals surface area contributed by atoms with E-state index in [1.54, 1.807) is 22.3 Å². The molecule has 2 aromatic carbocycles. The maximum atomic E-state index is 2.68. The van der Waals surface area contributed by atoms with Crippen LogP contribution >= 0.6 is 0 Å². The van der Waals surface area contributed by atoms with Crippen molar-refractivity contribution in [2.45, 2.75) is 240 Å². The van der Waals surface area contributed by atoms with Gasteiger partial charge in [-0.1, -0.05) is 217 Å². The van der Waals surface area contributed by atoms with Gasteiger partial charge in [0.15, 0.2) is 0 Å². The monoisotopic (exact) mass is 775 g/mol. The Hall–Kier alpha value is -2.74. The molecular weight excluding hydrogens is 689 g/mol.